The third-order valence-corrected chi connectivity index (χ3v) is 4.93. The average molecular weight is 275 g/mol. The third kappa shape index (κ3) is 2.48. The predicted molar refractivity (Wildman–Crippen MR) is 81.1 cm³/mol. The van der Waals surface area contributed by atoms with Crippen LogP contribution in [0.1, 0.15) is 51.5 Å². The van der Waals surface area contributed by atoms with Gasteiger partial charge in [-0.25, -0.2) is 4.98 Å². The van der Waals surface area contributed by atoms with Gasteiger partial charge < -0.3 is 4.74 Å². The Bertz CT molecular complexity index is 569. The van der Waals surface area contributed by atoms with E-state index in [-0.39, 0.29) is 0 Å². The molecule has 1 aliphatic rings. The van der Waals surface area contributed by atoms with Crippen LogP contribution in [0.4, 0.5) is 0 Å². The van der Waals surface area contributed by atoms with Crippen molar-refractivity contribution in [2.24, 2.45) is 5.92 Å². The molecule has 1 aliphatic carbocycles. The van der Waals surface area contributed by atoms with Crippen LogP contribution in [0.25, 0.3) is 10.2 Å². The van der Waals surface area contributed by atoms with E-state index in [1.165, 1.54) is 29.5 Å². The molecule has 0 amide bonds. The fourth-order valence-electron chi connectivity index (χ4n) is 2.66. The Kier molecular flexibility index (Phi) is 3.48. The van der Waals surface area contributed by atoms with Gasteiger partial charge in [0.05, 0.1) is 16.3 Å². The molecular weight excluding hydrogens is 254 g/mol. The highest BCUT2D eigenvalue weighted by atomic mass is 32.1. The van der Waals surface area contributed by atoms with Crippen molar-refractivity contribution in [1.82, 2.24) is 4.98 Å². The second-order valence-electron chi connectivity index (χ2n) is 5.86. The first kappa shape index (κ1) is 12.9. The molecule has 3 heteroatoms. The molecule has 1 fully saturated rings. The van der Waals surface area contributed by atoms with E-state index in [0.29, 0.717) is 12.0 Å². The van der Waals surface area contributed by atoms with E-state index in [1.807, 2.05) is 5.51 Å². The molecule has 0 saturated heterocycles. The van der Waals surface area contributed by atoms with E-state index in [0.717, 1.165) is 17.2 Å². The van der Waals surface area contributed by atoms with Gasteiger partial charge in [-0.1, -0.05) is 27.2 Å². The Morgan fingerprint density at radius 1 is 1.37 bits per heavy atom. The lowest BCUT2D eigenvalue weighted by Crippen LogP contribution is -2.33. The summed E-state index contributed by atoms with van der Waals surface area (Å²) in [5, 5.41) is 0. The van der Waals surface area contributed by atoms with Crippen LogP contribution in [-0.2, 0) is 0 Å². The Morgan fingerprint density at radius 3 is 2.84 bits per heavy atom. The molecule has 1 heterocycles. The summed E-state index contributed by atoms with van der Waals surface area (Å²) in [7, 11) is 0. The summed E-state index contributed by atoms with van der Waals surface area (Å²) < 4.78 is 7.43. The minimum atomic E-state index is 0.400. The maximum atomic E-state index is 6.19. The number of nitrogens with zero attached hydrogens (tertiary/aromatic N) is 1. The van der Waals surface area contributed by atoms with Crippen molar-refractivity contribution in [3.05, 3.63) is 23.2 Å². The minimum Gasteiger partial charge on any atom is -0.488 e. The molecule has 0 radical (unpaired) electrons. The molecule has 1 saturated carbocycles. The molecule has 0 spiro atoms. The van der Waals surface area contributed by atoms with Gasteiger partial charge in [0, 0.05) is 0 Å². The van der Waals surface area contributed by atoms with Gasteiger partial charge in [0.2, 0.25) is 0 Å². The number of benzene rings is 1. The van der Waals surface area contributed by atoms with Gasteiger partial charge in [-0.3, -0.25) is 0 Å². The monoisotopic (exact) mass is 275 g/mol. The van der Waals surface area contributed by atoms with Crippen LogP contribution in [0, 0.1) is 5.92 Å². The van der Waals surface area contributed by atoms with Crippen LogP contribution >= 0.6 is 11.3 Å². The number of hydrogen-bond acceptors (Lipinski definition) is 3. The smallest absolute Gasteiger partial charge is 0.147 e. The summed E-state index contributed by atoms with van der Waals surface area (Å²) in [5.74, 6) is 2.38. The molecule has 0 bridgehead atoms. The standard InChI is InChI=1S/C16H21NOS/c1-4-11-5-13(6-11)18-14-7-12(10(2)3)8-15-16(14)17-9-19-15/h7-11,13H,4-6H2,1-3H3/t11-,13-. The molecule has 102 valence electrons. The lowest BCUT2D eigenvalue weighted by atomic mass is 9.80. The van der Waals surface area contributed by atoms with Crippen LogP contribution in [0.5, 0.6) is 5.75 Å². The fourth-order valence-corrected chi connectivity index (χ4v) is 3.40. The second-order valence-corrected chi connectivity index (χ2v) is 6.74. The lowest BCUT2D eigenvalue weighted by molar-refractivity contribution is 0.0642. The van der Waals surface area contributed by atoms with Crippen molar-refractivity contribution in [1.29, 1.82) is 0 Å². The van der Waals surface area contributed by atoms with E-state index in [9.17, 15) is 0 Å². The fraction of sp³-hybridized carbons (Fsp3) is 0.562. The van der Waals surface area contributed by atoms with Gasteiger partial charge in [-0.15, -0.1) is 11.3 Å². The summed E-state index contributed by atoms with van der Waals surface area (Å²) >= 11 is 1.70. The van der Waals surface area contributed by atoms with Crippen molar-refractivity contribution >= 4 is 21.6 Å². The molecule has 1 aromatic heterocycles. The number of rotatable bonds is 4. The van der Waals surface area contributed by atoms with Crippen molar-refractivity contribution in [3.8, 4) is 5.75 Å². The average Bonchev–Trinajstić information content (AvgIpc) is 2.80. The first-order chi connectivity index (χ1) is 9.17. The van der Waals surface area contributed by atoms with Gasteiger partial charge in [-0.2, -0.15) is 0 Å². The Balaban J connectivity index is 1.87. The molecule has 0 atom stereocenters. The molecule has 1 aromatic carbocycles. The van der Waals surface area contributed by atoms with E-state index < -0.39 is 0 Å². The van der Waals surface area contributed by atoms with Gasteiger partial charge >= 0.3 is 0 Å². The third-order valence-electron chi connectivity index (χ3n) is 4.15. The summed E-state index contributed by atoms with van der Waals surface area (Å²) in [6.07, 6.45) is 4.08. The van der Waals surface area contributed by atoms with Gasteiger partial charge in [0.25, 0.3) is 0 Å². The Hall–Kier alpha value is -1.09. The van der Waals surface area contributed by atoms with Gasteiger partial charge in [0.15, 0.2) is 0 Å². The number of hydrogen-bond donors (Lipinski definition) is 0. The summed E-state index contributed by atoms with van der Waals surface area (Å²) in [6, 6.07) is 4.44. The SMILES string of the molecule is CC[C@H]1C[C@H](Oc2cc(C(C)C)cc3scnc23)C1. The quantitative estimate of drug-likeness (QED) is 0.784. The minimum absolute atomic E-state index is 0.400. The number of thiazole rings is 1. The first-order valence-electron chi connectivity index (χ1n) is 7.21. The summed E-state index contributed by atoms with van der Waals surface area (Å²) in [5.41, 5.74) is 4.30. The van der Waals surface area contributed by atoms with E-state index >= 15 is 0 Å². The number of aromatic nitrogens is 1. The highest BCUT2D eigenvalue weighted by molar-refractivity contribution is 7.16. The van der Waals surface area contributed by atoms with Gasteiger partial charge in [0.1, 0.15) is 11.3 Å². The molecule has 0 unspecified atom stereocenters. The predicted octanol–water partition coefficient (Wildman–Crippen LogP) is 4.99. The molecule has 2 aromatic rings. The van der Waals surface area contributed by atoms with Crippen LogP contribution in [0.15, 0.2) is 17.6 Å². The Labute approximate surface area is 118 Å². The summed E-state index contributed by atoms with van der Waals surface area (Å²) in [4.78, 5) is 4.46. The zero-order chi connectivity index (χ0) is 13.4. The molecule has 0 aliphatic heterocycles. The topological polar surface area (TPSA) is 22.1 Å². The van der Waals surface area contributed by atoms with Crippen LogP contribution in [0.2, 0.25) is 0 Å². The van der Waals surface area contributed by atoms with Crippen molar-refractivity contribution < 1.29 is 4.74 Å². The first-order valence-corrected chi connectivity index (χ1v) is 8.09. The van der Waals surface area contributed by atoms with Crippen molar-refractivity contribution in [3.63, 3.8) is 0 Å². The second kappa shape index (κ2) is 5.12. The van der Waals surface area contributed by atoms with Crippen LogP contribution < -0.4 is 4.74 Å². The van der Waals surface area contributed by atoms with E-state index in [2.05, 4.69) is 37.9 Å². The zero-order valence-corrected chi connectivity index (χ0v) is 12.7. The molecule has 2 nitrogen and oxygen atoms in total. The maximum Gasteiger partial charge on any atom is 0.147 e. The normalized spacial score (nSPS) is 22.7. The van der Waals surface area contributed by atoms with Crippen LogP contribution in [-0.4, -0.2) is 11.1 Å². The highest BCUT2D eigenvalue weighted by Crippen LogP contribution is 2.37. The summed E-state index contributed by atoms with van der Waals surface area (Å²) in [6.45, 7) is 6.71. The molecular formula is C16H21NOS. The van der Waals surface area contributed by atoms with Crippen molar-refractivity contribution in [2.75, 3.05) is 0 Å². The van der Waals surface area contributed by atoms with Crippen molar-refractivity contribution in [2.45, 2.75) is 52.1 Å². The molecule has 3 rings (SSSR count). The highest BCUT2D eigenvalue weighted by Gasteiger charge is 2.30. The Morgan fingerprint density at radius 2 is 2.16 bits per heavy atom. The lowest BCUT2D eigenvalue weighted by Gasteiger charge is -2.34. The molecule has 0 N–H and O–H groups in total. The molecule has 19 heavy (non-hydrogen) atoms. The largest absolute Gasteiger partial charge is 0.488 e. The van der Waals surface area contributed by atoms with E-state index in [4.69, 9.17) is 4.74 Å². The van der Waals surface area contributed by atoms with E-state index in [1.54, 1.807) is 11.3 Å². The maximum absolute atomic E-state index is 6.19. The van der Waals surface area contributed by atoms with Gasteiger partial charge in [-0.05, 0) is 42.4 Å². The zero-order valence-electron chi connectivity index (χ0n) is 11.8. The van der Waals surface area contributed by atoms with Crippen LogP contribution in [0.3, 0.4) is 0 Å². The number of ether oxygens (including phenoxy) is 1. The number of fused-ring (bicyclic) bond motifs is 1.